The van der Waals surface area contributed by atoms with Crippen molar-refractivity contribution in [2.75, 3.05) is 0 Å². The molecule has 2 heterocycles. The Hall–Kier alpha value is -2.89. The van der Waals surface area contributed by atoms with Crippen LogP contribution in [0.1, 0.15) is 67.1 Å². The number of carbonyl (C=O) groups excluding carboxylic acids is 1. The molecular weight excluding hydrogens is 364 g/mol. The third-order valence-corrected chi connectivity index (χ3v) is 5.64. The van der Waals surface area contributed by atoms with Crippen molar-refractivity contribution in [2.24, 2.45) is 7.05 Å². The fourth-order valence-electron chi connectivity index (χ4n) is 3.86. The molecule has 6 heteroatoms. The van der Waals surface area contributed by atoms with Crippen LogP contribution in [0.25, 0.3) is 11.0 Å². The molecule has 2 aromatic heterocycles. The van der Waals surface area contributed by atoms with Crippen LogP contribution in [0.3, 0.4) is 0 Å². The molecule has 1 amide bonds. The summed E-state index contributed by atoms with van der Waals surface area (Å²) in [5.74, 6) is 0.420. The highest BCUT2D eigenvalue weighted by Crippen LogP contribution is 2.22. The Labute approximate surface area is 171 Å². The maximum Gasteiger partial charge on any atom is 0.253 e. The Morgan fingerprint density at radius 2 is 1.76 bits per heavy atom. The van der Waals surface area contributed by atoms with E-state index in [0.29, 0.717) is 17.9 Å². The van der Waals surface area contributed by atoms with Gasteiger partial charge in [-0.15, -0.1) is 0 Å². The molecule has 0 fully saturated rings. The molecule has 2 N–H and O–H groups in total. The van der Waals surface area contributed by atoms with Crippen molar-refractivity contribution in [1.82, 2.24) is 20.1 Å². The first kappa shape index (κ1) is 20.8. The molecule has 1 atom stereocenters. The second-order valence-electron chi connectivity index (χ2n) is 8.10. The zero-order valence-corrected chi connectivity index (χ0v) is 18.1. The number of nitrogens with one attached hydrogen (secondary N) is 2. The van der Waals surface area contributed by atoms with Gasteiger partial charge in [0.05, 0.1) is 11.7 Å². The maximum absolute atomic E-state index is 12.5. The van der Waals surface area contributed by atoms with Crippen molar-refractivity contribution in [2.45, 2.75) is 59.4 Å². The molecule has 29 heavy (non-hydrogen) atoms. The molecule has 1 unspecified atom stereocenters. The molecule has 0 bridgehead atoms. The van der Waals surface area contributed by atoms with Gasteiger partial charge in [0.15, 0.2) is 0 Å². The van der Waals surface area contributed by atoms with Crippen molar-refractivity contribution in [3.05, 3.63) is 62.6 Å². The number of nitrogens with zero attached hydrogens (tertiary/aromatic N) is 2. The van der Waals surface area contributed by atoms with Gasteiger partial charge in [0.25, 0.3) is 5.56 Å². The van der Waals surface area contributed by atoms with E-state index in [-0.39, 0.29) is 23.9 Å². The SMILES string of the molecule is Cc1nn(C)c2[nH]c(=O)c(CCC(=O)NC(C)c3ccc(C(C)C)cc3)c(C)c12. The van der Waals surface area contributed by atoms with E-state index in [1.165, 1.54) is 5.56 Å². The number of aromatic amines is 1. The molecule has 0 saturated carbocycles. The van der Waals surface area contributed by atoms with Gasteiger partial charge in [-0.3, -0.25) is 14.3 Å². The molecule has 0 aliphatic carbocycles. The smallest absolute Gasteiger partial charge is 0.253 e. The van der Waals surface area contributed by atoms with E-state index in [0.717, 1.165) is 27.9 Å². The summed E-state index contributed by atoms with van der Waals surface area (Å²) in [4.78, 5) is 27.9. The first-order chi connectivity index (χ1) is 13.7. The van der Waals surface area contributed by atoms with Crippen LogP contribution >= 0.6 is 0 Å². The Kier molecular flexibility index (Phi) is 5.91. The van der Waals surface area contributed by atoms with Crippen molar-refractivity contribution >= 4 is 16.9 Å². The van der Waals surface area contributed by atoms with E-state index >= 15 is 0 Å². The Balaban J connectivity index is 1.69. The van der Waals surface area contributed by atoms with Crippen LogP contribution in [0.2, 0.25) is 0 Å². The largest absolute Gasteiger partial charge is 0.350 e. The molecule has 0 saturated heterocycles. The van der Waals surface area contributed by atoms with Gasteiger partial charge >= 0.3 is 0 Å². The standard InChI is InChI=1S/C23H30N4O2/c1-13(2)17-7-9-18(10-8-17)15(4)24-20(28)12-11-19-14(3)21-16(5)26-27(6)22(21)25-23(19)29/h7-10,13,15H,11-12H2,1-6H3,(H,24,28)(H,25,29). The molecule has 3 aromatic rings. The van der Waals surface area contributed by atoms with E-state index in [1.54, 1.807) is 4.68 Å². The summed E-state index contributed by atoms with van der Waals surface area (Å²) in [5.41, 5.74) is 5.35. The van der Waals surface area contributed by atoms with Crippen molar-refractivity contribution in [3.8, 4) is 0 Å². The number of hydrogen-bond donors (Lipinski definition) is 2. The highest BCUT2D eigenvalue weighted by molar-refractivity contribution is 5.83. The zero-order chi connectivity index (χ0) is 21.3. The third kappa shape index (κ3) is 4.26. The van der Waals surface area contributed by atoms with Crippen LogP contribution in [-0.4, -0.2) is 20.7 Å². The quantitative estimate of drug-likeness (QED) is 0.667. The monoisotopic (exact) mass is 394 g/mol. The van der Waals surface area contributed by atoms with Crippen LogP contribution in [0, 0.1) is 13.8 Å². The summed E-state index contributed by atoms with van der Waals surface area (Å²) in [6, 6.07) is 8.27. The first-order valence-corrected chi connectivity index (χ1v) is 10.1. The van der Waals surface area contributed by atoms with Crippen LogP contribution in [0.15, 0.2) is 29.1 Å². The number of amides is 1. The molecule has 0 aliphatic rings. The lowest BCUT2D eigenvalue weighted by molar-refractivity contribution is -0.121. The summed E-state index contributed by atoms with van der Waals surface area (Å²) in [6.45, 7) is 10.2. The number of fused-ring (bicyclic) bond motifs is 1. The summed E-state index contributed by atoms with van der Waals surface area (Å²) < 4.78 is 1.68. The van der Waals surface area contributed by atoms with Crippen molar-refractivity contribution in [3.63, 3.8) is 0 Å². The highest BCUT2D eigenvalue weighted by Gasteiger charge is 2.17. The fraction of sp³-hybridized carbons (Fsp3) is 0.435. The van der Waals surface area contributed by atoms with Crippen LogP contribution in [0.4, 0.5) is 0 Å². The van der Waals surface area contributed by atoms with Gasteiger partial charge in [-0.2, -0.15) is 5.10 Å². The number of carbonyl (C=O) groups is 1. The van der Waals surface area contributed by atoms with Gasteiger partial charge < -0.3 is 10.3 Å². The lowest BCUT2D eigenvalue weighted by Crippen LogP contribution is -2.27. The topological polar surface area (TPSA) is 79.8 Å². The predicted octanol–water partition coefficient (Wildman–Crippen LogP) is 3.81. The Bertz CT molecular complexity index is 1090. The maximum atomic E-state index is 12.5. The summed E-state index contributed by atoms with van der Waals surface area (Å²) in [7, 11) is 1.81. The minimum Gasteiger partial charge on any atom is -0.350 e. The fourth-order valence-corrected chi connectivity index (χ4v) is 3.86. The van der Waals surface area contributed by atoms with Crippen LogP contribution in [-0.2, 0) is 18.3 Å². The van der Waals surface area contributed by atoms with Gasteiger partial charge in [0.2, 0.25) is 5.91 Å². The molecule has 3 rings (SSSR count). The Morgan fingerprint density at radius 3 is 2.38 bits per heavy atom. The van der Waals surface area contributed by atoms with Crippen LogP contribution < -0.4 is 10.9 Å². The van der Waals surface area contributed by atoms with Gasteiger partial charge in [0.1, 0.15) is 5.65 Å². The molecule has 6 nitrogen and oxygen atoms in total. The first-order valence-electron chi connectivity index (χ1n) is 10.1. The number of hydrogen-bond acceptors (Lipinski definition) is 3. The summed E-state index contributed by atoms with van der Waals surface area (Å²) in [5, 5.41) is 8.38. The van der Waals surface area contributed by atoms with Crippen LogP contribution in [0.5, 0.6) is 0 Å². The minimum atomic E-state index is -0.150. The molecule has 0 radical (unpaired) electrons. The van der Waals surface area contributed by atoms with E-state index in [1.807, 2.05) is 27.8 Å². The van der Waals surface area contributed by atoms with Gasteiger partial charge in [-0.05, 0) is 49.8 Å². The van der Waals surface area contributed by atoms with Crippen molar-refractivity contribution in [1.29, 1.82) is 0 Å². The summed E-state index contributed by atoms with van der Waals surface area (Å²) >= 11 is 0. The molecule has 0 spiro atoms. The number of aromatic nitrogens is 3. The minimum absolute atomic E-state index is 0.0627. The Morgan fingerprint density at radius 1 is 1.14 bits per heavy atom. The molecular formula is C23H30N4O2. The predicted molar refractivity (Wildman–Crippen MR) is 116 cm³/mol. The molecule has 154 valence electrons. The number of aryl methyl sites for hydroxylation is 3. The number of pyridine rings is 1. The van der Waals surface area contributed by atoms with Gasteiger partial charge in [-0.1, -0.05) is 38.1 Å². The summed E-state index contributed by atoms with van der Waals surface area (Å²) in [6.07, 6.45) is 0.666. The number of H-pyrrole nitrogens is 1. The lowest BCUT2D eigenvalue weighted by Gasteiger charge is -2.16. The highest BCUT2D eigenvalue weighted by atomic mass is 16.1. The van der Waals surface area contributed by atoms with Crippen molar-refractivity contribution < 1.29 is 4.79 Å². The average Bonchev–Trinajstić information content (AvgIpc) is 2.95. The van der Waals surface area contributed by atoms with E-state index < -0.39 is 0 Å². The third-order valence-electron chi connectivity index (χ3n) is 5.64. The van der Waals surface area contributed by atoms with E-state index in [9.17, 15) is 9.59 Å². The number of benzene rings is 1. The average molecular weight is 395 g/mol. The van der Waals surface area contributed by atoms with E-state index in [4.69, 9.17) is 0 Å². The number of rotatable bonds is 6. The molecule has 1 aromatic carbocycles. The second kappa shape index (κ2) is 8.23. The molecule has 0 aliphatic heterocycles. The zero-order valence-electron chi connectivity index (χ0n) is 18.1. The lowest BCUT2D eigenvalue weighted by atomic mass is 9.99. The van der Waals surface area contributed by atoms with E-state index in [2.05, 4.69) is 53.5 Å². The normalized spacial score (nSPS) is 12.5. The second-order valence-corrected chi connectivity index (χ2v) is 8.10. The van der Waals surface area contributed by atoms with Gasteiger partial charge in [0, 0.05) is 24.4 Å². The van der Waals surface area contributed by atoms with Gasteiger partial charge in [-0.25, -0.2) is 0 Å².